The van der Waals surface area contributed by atoms with E-state index in [2.05, 4.69) is 53.3 Å². The van der Waals surface area contributed by atoms with Crippen LogP contribution < -0.4 is 0 Å². The molecule has 0 amide bonds. The monoisotopic (exact) mass is 459 g/mol. The minimum absolute atomic E-state index is 0.134. The number of carbonyl (C=O) groups is 1. The van der Waals surface area contributed by atoms with Gasteiger partial charge < -0.3 is 9.30 Å². The van der Waals surface area contributed by atoms with E-state index in [1.807, 2.05) is 31.2 Å². The predicted molar refractivity (Wildman–Crippen MR) is 134 cm³/mol. The number of ketones is 1. The van der Waals surface area contributed by atoms with Gasteiger partial charge in [-0.05, 0) is 69.5 Å². The first-order chi connectivity index (χ1) is 16.0. The van der Waals surface area contributed by atoms with Crippen LogP contribution in [-0.2, 0) is 11.3 Å². The number of aromatic nitrogens is 3. The highest BCUT2D eigenvalue weighted by Gasteiger charge is 2.22. The molecule has 0 bridgehead atoms. The third-order valence-electron chi connectivity index (χ3n) is 6.41. The molecule has 4 aromatic rings. The van der Waals surface area contributed by atoms with Gasteiger partial charge in [0, 0.05) is 35.8 Å². The summed E-state index contributed by atoms with van der Waals surface area (Å²) < 4.78 is 10.2. The molecule has 0 N–H and O–H groups in total. The number of carbonyl (C=O) groups excluding carboxylic acids is 1. The summed E-state index contributed by atoms with van der Waals surface area (Å²) in [5.41, 5.74) is 7.18. The Balaban J connectivity index is 1.40. The highest BCUT2D eigenvalue weighted by molar-refractivity contribution is 7.99. The van der Waals surface area contributed by atoms with Crippen molar-refractivity contribution in [3.63, 3.8) is 0 Å². The Morgan fingerprint density at radius 1 is 1.12 bits per heavy atom. The fraction of sp³-hybridized carbons (Fsp3) is 0.333. The molecule has 1 fully saturated rings. The van der Waals surface area contributed by atoms with E-state index in [0.29, 0.717) is 5.75 Å². The van der Waals surface area contributed by atoms with Gasteiger partial charge in [-0.1, -0.05) is 36.0 Å². The number of imidazole rings is 1. The van der Waals surface area contributed by atoms with Crippen LogP contribution in [-0.4, -0.2) is 38.4 Å². The summed E-state index contributed by atoms with van der Waals surface area (Å²) in [5.74, 6) is 0.480. The summed E-state index contributed by atoms with van der Waals surface area (Å²) in [5, 5.41) is 0.836. The smallest absolute Gasteiger partial charge is 0.175 e. The van der Waals surface area contributed by atoms with E-state index in [1.54, 1.807) is 0 Å². The number of hydrogen-bond donors (Lipinski definition) is 0. The van der Waals surface area contributed by atoms with E-state index in [0.717, 1.165) is 64.8 Å². The van der Waals surface area contributed by atoms with E-state index < -0.39 is 0 Å². The largest absolute Gasteiger partial charge is 0.376 e. The van der Waals surface area contributed by atoms with Crippen LogP contribution >= 0.6 is 11.8 Å². The number of Topliss-reactive ketones (excluding diaryl/α,β-unsaturated/α-hetero) is 1. The molecule has 1 aliphatic heterocycles. The first-order valence-corrected chi connectivity index (χ1v) is 12.5. The highest BCUT2D eigenvalue weighted by atomic mass is 32.2. The molecule has 0 aliphatic carbocycles. The number of para-hydroxylation sites is 2. The lowest BCUT2D eigenvalue weighted by Crippen LogP contribution is -2.17. The standard InChI is InChI=1S/C27H29N3O2S/c1-18-8-6-9-21(14-18)30-25-12-5-4-11-24(25)28-27(30)33-17-26(31)23-15-19(2)29(20(23)3)16-22-10-7-13-32-22/h4-6,8-9,11-12,14-15,22H,7,10,13,16-17H2,1-3H3/t22-/m0/s1. The number of nitrogens with zero attached hydrogens (tertiary/aromatic N) is 3. The zero-order chi connectivity index (χ0) is 22.9. The molecule has 2 aromatic carbocycles. The van der Waals surface area contributed by atoms with Gasteiger partial charge in [0.05, 0.1) is 22.9 Å². The van der Waals surface area contributed by atoms with Gasteiger partial charge in [0.15, 0.2) is 10.9 Å². The molecule has 6 heteroatoms. The van der Waals surface area contributed by atoms with Crippen LogP contribution in [0.5, 0.6) is 0 Å². The zero-order valence-electron chi connectivity index (χ0n) is 19.4. The number of rotatable bonds is 7. The van der Waals surface area contributed by atoms with Gasteiger partial charge in [0.1, 0.15) is 0 Å². The third kappa shape index (κ3) is 4.37. The Morgan fingerprint density at radius 3 is 2.76 bits per heavy atom. The van der Waals surface area contributed by atoms with E-state index in [1.165, 1.54) is 17.3 Å². The van der Waals surface area contributed by atoms with Crippen LogP contribution in [0.3, 0.4) is 0 Å². The minimum Gasteiger partial charge on any atom is -0.376 e. The van der Waals surface area contributed by atoms with Crippen molar-refractivity contribution in [1.29, 1.82) is 0 Å². The summed E-state index contributed by atoms with van der Waals surface area (Å²) in [6.07, 6.45) is 2.46. The van der Waals surface area contributed by atoms with Crippen LogP contribution in [0.4, 0.5) is 0 Å². The maximum Gasteiger partial charge on any atom is 0.175 e. The van der Waals surface area contributed by atoms with Crippen molar-refractivity contribution < 1.29 is 9.53 Å². The van der Waals surface area contributed by atoms with Crippen molar-refractivity contribution >= 4 is 28.6 Å². The average Bonchev–Trinajstić information content (AvgIpc) is 3.52. The second-order valence-corrected chi connectivity index (χ2v) is 9.74. The molecular weight excluding hydrogens is 430 g/mol. The Hall–Kier alpha value is -2.83. The first kappa shape index (κ1) is 22.0. The summed E-state index contributed by atoms with van der Waals surface area (Å²) >= 11 is 1.50. The second kappa shape index (κ2) is 9.20. The molecule has 1 atom stereocenters. The Kier molecular flexibility index (Phi) is 6.13. The molecule has 5 rings (SSSR count). The second-order valence-electron chi connectivity index (χ2n) is 8.80. The lowest BCUT2D eigenvalue weighted by Gasteiger charge is -2.14. The van der Waals surface area contributed by atoms with Gasteiger partial charge in [-0.3, -0.25) is 9.36 Å². The van der Waals surface area contributed by atoms with Crippen molar-refractivity contribution in [2.45, 2.75) is 51.4 Å². The maximum atomic E-state index is 13.3. The maximum absolute atomic E-state index is 13.3. The van der Waals surface area contributed by atoms with Crippen molar-refractivity contribution in [1.82, 2.24) is 14.1 Å². The summed E-state index contributed by atoms with van der Waals surface area (Å²) in [6.45, 7) is 7.87. The predicted octanol–water partition coefficient (Wildman–Crippen LogP) is 5.91. The van der Waals surface area contributed by atoms with Crippen molar-refractivity contribution in [3.05, 3.63) is 77.1 Å². The van der Waals surface area contributed by atoms with Crippen LogP contribution in [0.25, 0.3) is 16.7 Å². The van der Waals surface area contributed by atoms with Gasteiger partial charge in [-0.25, -0.2) is 4.98 Å². The van der Waals surface area contributed by atoms with Gasteiger partial charge >= 0.3 is 0 Å². The molecular formula is C27H29N3O2S. The number of hydrogen-bond acceptors (Lipinski definition) is 4. The number of benzene rings is 2. The van der Waals surface area contributed by atoms with Gasteiger partial charge in [0.25, 0.3) is 0 Å². The fourth-order valence-electron chi connectivity index (χ4n) is 4.68. The summed E-state index contributed by atoms with van der Waals surface area (Å²) in [4.78, 5) is 18.1. The summed E-state index contributed by atoms with van der Waals surface area (Å²) in [7, 11) is 0. The number of ether oxygens (including phenoxy) is 1. The zero-order valence-corrected chi connectivity index (χ0v) is 20.2. The summed E-state index contributed by atoms with van der Waals surface area (Å²) in [6, 6.07) is 18.5. The van der Waals surface area contributed by atoms with E-state index in [-0.39, 0.29) is 11.9 Å². The van der Waals surface area contributed by atoms with Crippen molar-refractivity contribution in [2.75, 3.05) is 12.4 Å². The Labute approximate surface area is 198 Å². The Morgan fingerprint density at radius 2 is 1.97 bits per heavy atom. The van der Waals surface area contributed by atoms with Crippen LogP contribution in [0, 0.1) is 20.8 Å². The number of aryl methyl sites for hydroxylation is 2. The number of fused-ring (bicyclic) bond motifs is 1. The van der Waals surface area contributed by atoms with E-state index in [9.17, 15) is 4.79 Å². The van der Waals surface area contributed by atoms with Gasteiger partial charge in [-0.15, -0.1) is 0 Å². The molecule has 1 saturated heterocycles. The molecule has 5 nitrogen and oxygen atoms in total. The quantitative estimate of drug-likeness (QED) is 0.255. The van der Waals surface area contributed by atoms with Gasteiger partial charge in [-0.2, -0.15) is 0 Å². The SMILES string of the molecule is Cc1cccc(-n2c(SCC(=O)c3cc(C)n(C[C@@H]4CCCO4)c3C)nc3ccccc32)c1. The van der Waals surface area contributed by atoms with Gasteiger partial charge in [0.2, 0.25) is 0 Å². The molecule has 1 aliphatic rings. The fourth-order valence-corrected chi connectivity index (χ4v) is 5.59. The van der Waals surface area contributed by atoms with Crippen LogP contribution in [0.2, 0.25) is 0 Å². The topological polar surface area (TPSA) is 49.0 Å². The van der Waals surface area contributed by atoms with E-state index in [4.69, 9.17) is 9.72 Å². The highest BCUT2D eigenvalue weighted by Crippen LogP contribution is 2.29. The van der Waals surface area contributed by atoms with E-state index >= 15 is 0 Å². The molecule has 2 aromatic heterocycles. The third-order valence-corrected chi connectivity index (χ3v) is 7.35. The molecule has 0 radical (unpaired) electrons. The lowest BCUT2D eigenvalue weighted by molar-refractivity contribution is 0.0957. The first-order valence-electron chi connectivity index (χ1n) is 11.5. The van der Waals surface area contributed by atoms with Crippen molar-refractivity contribution in [3.8, 4) is 5.69 Å². The molecule has 33 heavy (non-hydrogen) atoms. The molecule has 3 heterocycles. The average molecular weight is 460 g/mol. The molecule has 0 unspecified atom stereocenters. The van der Waals surface area contributed by atoms with Crippen molar-refractivity contribution in [2.24, 2.45) is 0 Å². The van der Waals surface area contributed by atoms with Crippen LogP contribution in [0.1, 0.15) is 40.2 Å². The molecule has 170 valence electrons. The number of thioether (sulfide) groups is 1. The lowest BCUT2D eigenvalue weighted by atomic mass is 10.2. The molecule has 0 saturated carbocycles. The minimum atomic E-state index is 0.134. The van der Waals surface area contributed by atoms with Crippen LogP contribution in [0.15, 0.2) is 59.8 Å². The Bertz CT molecular complexity index is 1310. The normalized spacial score (nSPS) is 16.0. The molecule has 0 spiro atoms.